The zero-order valence-corrected chi connectivity index (χ0v) is 13.9. The third kappa shape index (κ3) is 4.10. The monoisotopic (exact) mass is 337 g/mol. The number of nitrogens with zero attached hydrogens (tertiary/aromatic N) is 1. The Labute approximate surface area is 137 Å². The maximum atomic E-state index is 12.5. The first-order valence-corrected chi connectivity index (χ1v) is 9.68. The van der Waals surface area contributed by atoms with Gasteiger partial charge in [-0.05, 0) is 18.4 Å². The van der Waals surface area contributed by atoms with Gasteiger partial charge in [-0.25, -0.2) is 12.7 Å². The number of hydrogen-bond acceptors (Lipinski definition) is 4. The molecule has 0 radical (unpaired) electrons. The second-order valence-corrected chi connectivity index (χ2v) is 8.25. The van der Waals surface area contributed by atoms with E-state index in [1.165, 1.54) is 0 Å². The van der Waals surface area contributed by atoms with E-state index in [1.807, 2.05) is 30.3 Å². The summed E-state index contributed by atoms with van der Waals surface area (Å²) in [5.74, 6) is 0.211. The first-order valence-electron chi connectivity index (χ1n) is 8.07. The van der Waals surface area contributed by atoms with Crippen molar-refractivity contribution in [2.24, 2.45) is 5.92 Å². The molecule has 0 unspecified atom stereocenters. The molecule has 2 aliphatic heterocycles. The van der Waals surface area contributed by atoms with Crippen LogP contribution in [0, 0.1) is 5.92 Å². The minimum absolute atomic E-state index is 0.0403. The van der Waals surface area contributed by atoms with Crippen LogP contribution in [0.25, 0.3) is 0 Å². The normalized spacial score (nSPS) is 20.9. The average molecular weight is 337 g/mol. The fourth-order valence-corrected chi connectivity index (χ4v) is 4.51. The number of sulfonamides is 1. The maximum absolute atomic E-state index is 12.5. The van der Waals surface area contributed by atoms with Crippen molar-refractivity contribution in [1.29, 1.82) is 0 Å². The Kier molecular flexibility index (Phi) is 4.99. The van der Waals surface area contributed by atoms with Gasteiger partial charge in [0.2, 0.25) is 15.9 Å². The highest BCUT2D eigenvalue weighted by Crippen LogP contribution is 2.18. The van der Waals surface area contributed by atoms with Crippen LogP contribution >= 0.6 is 0 Å². The number of rotatable bonds is 5. The maximum Gasteiger partial charge on any atom is 0.225 e. The molecule has 2 heterocycles. The number of hydrogen-bond donors (Lipinski definition) is 2. The van der Waals surface area contributed by atoms with Gasteiger partial charge >= 0.3 is 0 Å². The van der Waals surface area contributed by atoms with E-state index in [2.05, 4.69) is 10.6 Å². The molecule has 0 bridgehead atoms. The first kappa shape index (κ1) is 16.4. The summed E-state index contributed by atoms with van der Waals surface area (Å²) in [5, 5.41) is 6.12. The largest absolute Gasteiger partial charge is 0.353 e. The number of piperidine rings is 1. The smallest absolute Gasteiger partial charge is 0.225 e. The predicted molar refractivity (Wildman–Crippen MR) is 88.2 cm³/mol. The van der Waals surface area contributed by atoms with Crippen molar-refractivity contribution in [2.45, 2.75) is 24.6 Å². The number of benzene rings is 1. The molecule has 23 heavy (non-hydrogen) atoms. The van der Waals surface area contributed by atoms with Gasteiger partial charge in [-0.15, -0.1) is 0 Å². The summed E-state index contributed by atoms with van der Waals surface area (Å²) >= 11 is 0. The average Bonchev–Trinajstić information content (AvgIpc) is 2.46. The van der Waals surface area contributed by atoms with Crippen LogP contribution in [0.1, 0.15) is 18.4 Å². The summed E-state index contributed by atoms with van der Waals surface area (Å²) in [5.41, 5.74) is 0.806. The lowest BCUT2D eigenvalue weighted by atomic mass is 10.0. The number of carbonyl (C=O) groups excluding carboxylic acids is 1. The Morgan fingerprint density at radius 1 is 1.17 bits per heavy atom. The SMILES string of the molecule is O=C(NC1CCN(S(=O)(=O)Cc2ccccc2)CC1)C1CNC1. The second-order valence-electron chi connectivity index (χ2n) is 6.28. The Hall–Kier alpha value is -1.44. The molecular formula is C16H23N3O3S. The summed E-state index contributed by atoms with van der Waals surface area (Å²) in [7, 11) is -3.29. The molecule has 0 spiro atoms. The van der Waals surface area contributed by atoms with Gasteiger partial charge in [0.1, 0.15) is 0 Å². The molecular weight excluding hydrogens is 314 g/mol. The lowest BCUT2D eigenvalue weighted by Crippen LogP contribution is -2.54. The Morgan fingerprint density at radius 2 is 1.83 bits per heavy atom. The van der Waals surface area contributed by atoms with Crippen molar-refractivity contribution < 1.29 is 13.2 Å². The summed E-state index contributed by atoms with van der Waals surface area (Å²) in [4.78, 5) is 11.9. The third-order valence-electron chi connectivity index (χ3n) is 4.54. The van der Waals surface area contributed by atoms with Gasteiger partial charge in [0.25, 0.3) is 0 Å². The molecule has 126 valence electrons. The van der Waals surface area contributed by atoms with Gasteiger partial charge in [-0.3, -0.25) is 4.79 Å². The first-order chi connectivity index (χ1) is 11.0. The van der Waals surface area contributed by atoms with E-state index in [0.717, 1.165) is 18.7 Å². The third-order valence-corrected chi connectivity index (χ3v) is 6.39. The molecule has 0 aromatic heterocycles. The fraction of sp³-hybridized carbons (Fsp3) is 0.562. The Bertz CT molecular complexity index is 636. The molecule has 3 rings (SSSR count). The molecule has 2 aliphatic rings. The highest BCUT2D eigenvalue weighted by atomic mass is 32.2. The van der Waals surface area contributed by atoms with Gasteiger partial charge in [-0.1, -0.05) is 30.3 Å². The van der Waals surface area contributed by atoms with E-state index in [1.54, 1.807) is 4.31 Å². The summed E-state index contributed by atoms with van der Waals surface area (Å²) in [6, 6.07) is 9.33. The Morgan fingerprint density at radius 3 is 2.39 bits per heavy atom. The van der Waals surface area contributed by atoms with Gasteiger partial charge in [0.15, 0.2) is 0 Å². The molecule has 7 heteroatoms. The van der Waals surface area contributed by atoms with Crippen LogP contribution in [0.5, 0.6) is 0 Å². The highest BCUT2D eigenvalue weighted by Gasteiger charge is 2.31. The van der Waals surface area contributed by atoms with Gasteiger partial charge in [0.05, 0.1) is 11.7 Å². The molecule has 2 saturated heterocycles. The minimum Gasteiger partial charge on any atom is -0.353 e. The number of carbonyl (C=O) groups is 1. The molecule has 6 nitrogen and oxygen atoms in total. The molecule has 0 atom stereocenters. The van der Waals surface area contributed by atoms with E-state index >= 15 is 0 Å². The fourth-order valence-electron chi connectivity index (χ4n) is 2.95. The van der Waals surface area contributed by atoms with Gasteiger partial charge in [0, 0.05) is 32.2 Å². The molecule has 2 fully saturated rings. The quantitative estimate of drug-likeness (QED) is 0.811. The van der Waals surface area contributed by atoms with Crippen molar-refractivity contribution in [3.8, 4) is 0 Å². The van der Waals surface area contributed by atoms with Crippen LogP contribution in [0.2, 0.25) is 0 Å². The summed E-state index contributed by atoms with van der Waals surface area (Å²) in [6.45, 7) is 2.44. The van der Waals surface area contributed by atoms with Crippen LogP contribution in [0.3, 0.4) is 0 Å². The topological polar surface area (TPSA) is 78.5 Å². The van der Waals surface area contributed by atoms with E-state index in [-0.39, 0.29) is 23.6 Å². The second kappa shape index (κ2) is 6.98. The molecule has 1 aromatic carbocycles. The standard InChI is InChI=1S/C16H23N3O3S/c20-16(14-10-17-11-14)18-15-6-8-19(9-7-15)23(21,22)12-13-4-2-1-3-5-13/h1-5,14-15,17H,6-12H2,(H,18,20). The van der Waals surface area contributed by atoms with Crippen molar-refractivity contribution in [3.63, 3.8) is 0 Å². The number of nitrogens with one attached hydrogen (secondary N) is 2. The number of amides is 1. The lowest BCUT2D eigenvalue weighted by molar-refractivity contribution is -0.127. The van der Waals surface area contributed by atoms with Crippen LogP contribution in [0.4, 0.5) is 0 Å². The van der Waals surface area contributed by atoms with E-state index in [4.69, 9.17) is 0 Å². The molecule has 2 N–H and O–H groups in total. The van der Waals surface area contributed by atoms with E-state index < -0.39 is 10.0 Å². The van der Waals surface area contributed by atoms with Crippen LogP contribution in [0.15, 0.2) is 30.3 Å². The zero-order valence-electron chi connectivity index (χ0n) is 13.1. The molecule has 1 aromatic rings. The minimum atomic E-state index is -3.29. The van der Waals surface area contributed by atoms with E-state index in [0.29, 0.717) is 25.9 Å². The molecule has 0 saturated carbocycles. The summed E-state index contributed by atoms with van der Waals surface area (Å²) in [6.07, 6.45) is 1.36. The van der Waals surface area contributed by atoms with Gasteiger partial charge < -0.3 is 10.6 Å². The van der Waals surface area contributed by atoms with Crippen molar-refractivity contribution >= 4 is 15.9 Å². The molecule has 0 aliphatic carbocycles. The van der Waals surface area contributed by atoms with Crippen molar-refractivity contribution in [1.82, 2.24) is 14.9 Å². The van der Waals surface area contributed by atoms with Crippen LogP contribution in [-0.2, 0) is 20.6 Å². The van der Waals surface area contributed by atoms with Crippen LogP contribution < -0.4 is 10.6 Å². The van der Waals surface area contributed by atoms with E-state index in [9.17, 15) is 13.2 Å². The van der Waals surface area contributed by atoms with Crippen molar-refractivity contribution in [2.75, 3.05) is 26.2 Å². The highest BCUT2D eigenvalue weighted by molar-refractivity contribution is 7.88. The van der Waals surface area contributed by atoms with Gasteiger partial charge in [-0.2, -0.15) is 0 Å². The predicted octanol–water partition coefficient (Wildman–Crippen LogP) is 0.316. The summed E-state index contributed by atoms with van der Waals surface area (Å²) < 4.78 is 26.5. The van der Waals surface area contributed by atoms with Crippen molar-refractivity contribution in [3.05, 3.63) is 35.9 Å². The zero-order chi connectivity index (χ0) is 16.3. The molecule has 1 amide bonds. The van der Waals surface area contributed by atoms with Crippen LogP contribution in [-0.4, -0.2) is 50.9 Å². The Balaban J connectivity index is 1.50. The lowest BCUT2D eigenvalue weighted by Gasteiger charge is -2.34.